The Morgan fingerprint density at radius 1 is 0.885 bits per heavy atom. The first-order valence-corrected chi connectivity index (χ1v) is 9.22. The molecule has 4 rings (SSSR count). The van der Waals surface area contributed by atoms with Gasteiger partial charge >= 0.3 is 0 Å². The summed E-state index contributed by atoms with van der Waals surface area (Å²) in [6.07, 6.45) is 0. The number of rotatable bonds is 5. The molecule has 0 fully saturated rings. The van der Waals surface area contributed by atoms with Crippen LogP contribution in [0.5, 0.6) is 0 Å². The maximum Gasteiger partial charge on any atom is 0.277 e. The van der Waals surface area contributed by atoms with Crippen molar-refractivity contribution in [1.29, 1.82) is 0 Å². The van der Waals surface area contributed by atoms with Crippen molar-refractivity contribution in [2.75, 3.05) is 0 Å². The molecule has 26 heavy (non-hydrogen) atoms. The maximum absolute atomic E-state index is 5.76. The number of thioether (sulfide) groups is 1. The van der Waals surface area contributed by atoms with Gasteiger partial charge in [0.2, 0.25) is 5.89 Å². The molecule has 0 amide bonds. The summed E-state index contributed by atoms with van der Waals surface area (Å²) in [5.74, 6) is 1.88. The zero-order chi connectivity index (χ0) is 17.9. The zero-order valence-electron chi connectivity index (χ0n) is 14.5. The lowest BCUT2D eigenvalue weighted by molar-refractivity contribution is 0.426. The third-order valence-electron chi connectivity index (χ3n) is 4.12. The molecular formula is C20H17N3O2S. The van der Waals surface area contributed by atoms with Crippen LogP contribution in [0.2, 0.25) is 0 Å². The molecule has 2 aromatic carbocycles. The molecule has 2 heterocycles. The first kappa shape index (κ1) is 16.6. The smallest absolute Gasteiger partial charge is 0.277 e. The molecule has 0 spiro atoms. The molecule has 0 bridgehead atoms. The quantitative estimate of drug-likeness (QED) is 0.448. The van der Waals surface area contributed by atoms with Crippen LogP contribution in [0.4, 0.5) is 0 Å². The SMILES string of the molecule is Cc1ccc(-c2nnc(SCc3cc(-c4ccccc4)on3)o2)cc1C. The van der Waals surface area contributed by atoms with Crippen LogP contribution in [0.15, 0.2) is 68.8 Å². The summed E-state index contributed by atoms with van der Waals surface area (Å²) in [4.78, 5) is 0. The normalized spacial score (nSPS) is 11.0. The largest absolute Gasteiger partial charge is 0.411 e. The van der Waals surface area contributed by atoms with Crippen LogP contribution in [0.3, 0.4) is 0 Å². The van der Waals surface area contributed by atoms with Crippen molar-refractivity contribution in [2.24, 2.45) is 0 Å². The van der Waals surface area contributed by atoms with Crippen molar-refractivity contribution in [1.82, 2.24) is 15.4 Å². The Morgan fingerprint density at radius 2 is 1.73 bits per heavy atom. The molecule has 0 aliphatic rings. The van der Waals surface area contributed by atoms with E-state index in [1.807, 2.05) is 42.5 Å². The number of hydrogen-bond donors (Lipinski definition) is 0. The second-order valence-corrected chi connectivity index (χ2v) is 6.94. The highest BCUT2D eigenvalue weighted by atomic mass is 32.2. The van der Waals surface area contributed by atoms with Gasteiger partial charge in [-0.2, -0.15) is 0 Å². The average molecular weight is 363 g/mol. The highest BCUT2D eigenvalue weighted by Gasteiger charge is 2.12. The summed E-state index contributed by atoms with van der Waals surface area (Å²) >= 11 is 1.44. The number of aryl methyl sites for hydroxylation is 2. The second-order valence-electron chi connectivity index (χ2n) is 6.01. The van der Waals surface area contributed by atoms with Gasteiger partial charge in [-0.15, -0.1) is 10.2 Å². The fourth-order valence-electron chi connectivity index (χ4n) is 2.51. The lowest BCUT2D eigenvalue weighted by Gasteiger charge is -2.00. The van der Waals surface area contributed by atoms with Gasteiger partial charge in [0.1, 0.15) is 0 Å². The summed E-state index contributed by atoms with van der Waals surface area (Å²) in [6, 6.07) is 17.9. The fourth-order valence-corrected chi connectivity index (χ4v) is 3.16. The minimum absolute atomic E-state index is 0.516. The van der Waals surface area contributed by atoms with Crippen molar-refractivity contribution < 1.29 is 8.94 Å². The van der Waals surface area contributed by atoms with Crippen molar-refractivity contribution in [3.63, 3.8) is 0 Å². The molecule has 0 saturated carbocycles. The molecule has 0 unspecified atom stereocenters. The Labute approximate surface area is 155 Å². The molecule has 0 atom stereocenters. The van der Waals surface area contributed by atoms with Crippen molar-refractivity contribution in [2.45, 2.75) is 24.8 Å². The van der Waals surface area contributed by atoms with Crippen LogP contribution in [-0.2, 0) is 5.75 Å². The Hall–Kier alpha value is -2.86. The summed E-state index contributed by atoms with van der Waals surface area (Å²) < 4.78 is 11.2. The van der Waals surface area contributed by atoms with Gasteiger partial charge in [-0.05, 0) is 37.1 Å². The van der Waals surface area contributed by atoms with Crippen LogP contribution >= 0.6 is 11.8 Å². The van der Waals surface area contributed by atoms with E-state index < -0.39 is 0 Å². The number of nitrogens with zero attached hydrogens (tertiary/aromatic N) is 3. The molecule has 0 radical (unpaired) electrons. The van der Waals surface area contributed by atoms with Gasteiger partial charge in [-0.3, -0.25) is 0 Å². The Balaban J connectivity index is 1.44. The number of aromatic nitrogens is 3. The van der Waals surface area contributed by atoms with Crippen LogP contribution in [0.25, 0.3) is 22.8 Å². The molecule has 5 nitrogen and oxygen atoms in total. The topological polar surface area (TPSA) is 65.0 Å². The number of hydrogen-bond acceptors (Lipinski definition) is 6. The summed E-state index contributed by atoms with van der Waals surface area (Å²) in [7, 11) is 0. The van der Waals surface area contributed by atoms with Gasteiger partial charge in [0.25, 0.3) is 5.22 Å². The monoisotopic (exact) mass is 363 g/mol. The average Bonchev–Trinajstić information content (AvgIpc) is 3.32. The van der Waals surface area contributed by atoms with E-state index >= 15 is 0 Å². The highest BCUT2D eigenvalue weighted by molar-refractivity contribution is 7.98. The first-order valence-electron chi connectivity index (χ1n) is 8.24. The van der Waals surface area contributed by atoms with E-state index in [2.05, 4.69) is 41.3 Å². The predicted octanol–water partition coefficient (Wildman–Crippen LogP) is 5.30. The van der Waals surface area contributed by atoms with E-state index in [0.29, 0.717) is 16.9 Å². The van der Waals surface area contributed by atoms with E-state index in [9.17, 15) is 0 Å². The third-order valence-corrected chi connectivity index (χ3v) is 4.97. The van der Waals surface area contributed by atoms with Crippen LogP contribution < -0.4 is 0 Å². The lowest BCUT2D eigenvalue weighted by atomic mass is 10.1. The first-order chi connectivity index (χ1) is 12.7. The van der Waals surface area contributed by atoms with Gasteiger partial charge in [0.15, 0.2) is 5.76 Å². The summed E-state index contributed by atoms with van der Waals surface area (Å²) in [6.45, 7) is 4.15. The van der Waals surface area contributed by atoms with Gasteiger partial charge in [0, 0.05) is 22.9 Å². The van der Waals surface area contributed by atoms with E-state index in [-0.39, 0.29) is 0 Å². The molecule has 6 heteroatoms. The van der Waals surface area contributed by atoms with E-state index in [0.717, 1.165) is 22.6 Å². The molecule has 0 N–H and O–H groups in total. The Bertz CT molecular complexity index is 1020. The van der Waals surface area contributed by atoms with Crippen LogP contribution in [-0.4, -0.2) is 15.4 Å². The summed E-state index contributed by atoms with van der Waals surface area (Å²) in [5.41, 5.74) is 5.21. The van der Waals surface area contributed by atoms with E-state index in [4.69, 9.17) is 8.94 Å². The van der Waals surface area contributed by atoms with Gasteiger partial charge in [0.05, 0.1) is 5.69 Å². The Morgan fingerprint density at radius 3 is 2.54 bits per heavy atom. The second kappa shape index (κ2) is 7.17. The van der Waals surface area contributed by atoms with Crippen LogP contribution in [0.1, 0.15) is 16.8 Å². The van der Waals surface area contributed by atoms with Gasteiger partial charge in [-0.1, -0.05) is 53.3 Å². The standard InChI is InChI=1S/C20H17N3O2S/c1-13-8-9-16(10-14(13)2)19-21-22-20(24-19)26-12-17-11-18(25-23-17)15-6-4-3-5-7-15/h3-11H,12H2,1-2H3. The Kier molecular flexibility index (Phi) is 4.58. The van der Waals surface area contributed by atoms with Crippen LogP contribution in [0, 0.1) is 13.8 Å². The molecule has 2 aromatic heterocycles. The molecular weight excluding hydrogens is 346 g/mol. The zero-order valence-corrected chi connectivity index (χ0v) is 15.3. The predicted molar refractivity (Wildman–Crippen MR) is 101 cm³/mol. The molecule has 4 aromatic rings. The van der Waals surface area contributed by atoms with Gasteiger partial charge in [-0.25, -0.2) is 0 Å². The maximum atomic E-state index is 5.76. The molecule has 0 aliphatic carbocycles. The van der Waals surface area contributed by atoms with Gasteiger partial charge < -0.3 is 8.94 Å². The molecule has 130 valence electrons. The molecule has 0 aliphatic heterocycles. The molecule has 0 saturated heterocycles. The van der Waals surface area contributed by atoms with E-state index in [1.165, 1.54) is 22.9 Å². The minimum Gasteiger partial charge on any atom is -0.411 e. The fraction of sp³-hybridized carbons (Fsp3) is 0.150. The highest BCUT2D eigenvalue weighted by Crippen LogP contribution is 2.28. The lowest BCUT2D eigenvalue weighted by Crippen LogP contribution is -1.83. The van der Waals surface area contributed by atoms with E-state index in [1.54, 1.807) is 0 Å². The number of benzene rings is 2. The minimum atomic E-state index is 0.516. The third kappa shape index (κ3) is 3.55. The summed E-state index contributed by atoms with van der Waals surface area (Å²) in [5, 5.41) is 12.9. The van der Waals surface area contributed by atoms with Crippen molar-refractivity contribution >= 4 is 11.8 Å². The van der Waals surface area contributed by atoms with Crippen molar-refractivity contribution in [3.05, 3.63) is 71.4 Å². The van der Waals surface area contributed by atoms with Crippen molar-refractivity contribution in [3.8, 4) is 22.8 Å².